The van der Waals surface area contributed by atoms with Crippen LogP contribution in [0.25, 0.3) is 0 Å². The summed E-state index contributed by atoms with van der Waals surface area (Å²) in [5, 5.41) is 6.54. The fraction of sp³-hybridized carbons (Fsp3) is 0.889. The van der Waals surface area contributed by atoms with E-state index in [1.165, 1.54) is 0 Å². The van der Waals surface area contributed by atoms with E-state index >= 15 is 0 Å². The van der Waals surface area contributed by atoms with Crippen molar-refractivity contribution in [3.05, 3.63) is 0 Å². The molecule has 0 bridgehead atoms. The summed E-state index contributed by atoms with van der Waals surface area (Å²) in [6.45, 7) is 4.64. The number of unbranched alkanes of at least 4 members (excludes halogenated alkanes) is 3. The maximum atomic E-state index is 11.6. The van der Waals surface area contributed by atoms with Gasteiger partial charge >= 0.3 is 0 Å². The summed E-state index contributed by atoms with van der Waals surface area (Å²) < 4.78 is 57.4. The van der Waals surface area contributed by atoms with Gasteiger partial charge in [0.15, 0.2) is 19.7 Å². The SMILES string of the molecule is CC1(NC(=S)OCCCCCCOC(=S)NC2(C)CCS(=O)(=O)C2)CCS(=O)(=O)C1. The summed E-state index contributed by atoms with van der Waals surface area (Å²) in [6, 6.07) is 0. The molecular formula is C18H32N2O6S4. The predicted molar refractivity (Wildman–Crippen MR) is 125 cm³/mol. The number of hydrogen-bond acceptors (Lipinski definition) is 8. The van der Waals surface area contributed by atoms with E-state index in [1.807, 2.05) is 13.8 Å². The summed E-state index contributed by atoms with van der Waals surface area (Å²) >= 11 is 10.3. The van der Waals surface area contributed by atoms with Gasteiger partial charge in [0, 0.05) is 0 Å². The van der Waals surface area contributed by atoms with Gasteiger partial charge in [-0.2, -0.15) is 0 Å². The zero-order chi connectivity index (χ0) is 22.5. The van der Waals surface area contributed by atoms with Crippen LogP contribution in [0.2, 0.25) is 0 Å². The van der Waals surface area contributed by atoms with Crippen LogP contribution in [0.15, 0.2) is 0 Å². The first-order chi connectivity index (χ1) is 13.8. The molecule has 2 aliphatic rings. The fourth-order valence-corrected chi connectivity index (χ4v) is 8.52. The van der Waals surface area contributed by atoms with Gasteiger partial charge in [-0.3, -0.25) is 0 Å². The van der Waals surface area contributed by atoms with Gasteiger partial charge in [-0.1, -0.05) is 0 Å². The lowest BCUT2D eigenvalue weighted by Gasteiger charge is -2.25. The fourth-order valence-electron chi connectivity index (χ4n) is 3.67. The molecule has 0 amide bonds. The Bertz CT molecular complexity index is 775. The molecular weight excluding hydrogens is 468 g/mol. The Kier molecular flexibility index (Phi) is 8.74. The van der Waals surface area contributed by atoms with Gasteiger partial charge in [-0.25, -0.2) is 16.8 Å². The lowest BCUT2D eigenvalue weighted by atomic mass is 10.0. The van der Waals surface area contributed by atoms with Crippen LogP contribution >= 0.6 is 24.4 Å². The molecule has 2 saturated heterocycles. The Morgan fingerprint density at radius 1 is 0.767 bits per heavy atom. The summed E-state index contributed by atoms with van der Waals surface area (Å²) in [6.07, 6.45) is 4.60. The smallest absolute Gasteiger partial charge is 0.257 e. The molecule has 0 aromatic carbocycles. The lowest BCUT2D eigenvalue weighted by Crippen LogP contribution is -2.47. The Labute approximate surface area is 190 Å². The van der Waals surface area contributed by atoms with Crippen molar-refractivity contribution in [3.8, 4) is 0 Å². The van der Waals surface area contributed by atoms with E-state index in [1.54, 1.807) is 0 Å². The number of rotatable bonds is 9. The molecule has 30 heavy (non-hydrogen) atoms. The third-order valence-electron chi connectivity index (χ3n) is 5.32. The highest BCUT2D eigenvalue weighted by Gasteiger charge is 2.40. The van der Waals surface area contributed by atoms with E-state index in [-0.39, 0.29) is 33.4 Å². The third kappa shape index (κ3) is 8.80. The van der Waals surface area contributed by atoms with E-state index in [9.17, 15) is 16.8 Å². The second-order valence-corrected chi connectivity index (χ2v) is 13.9. The molecule has 2 heterocycles. The molecule has 0 saturated carbocycles. The molecule has 2 rings (SSSR count). The van der Waals surface area contributed by atoms with E-state index in [4.69, 9.17) is 33.9 Å². The van der Waals surface area contributed by atoms with Crippen molar-refractivity contribution in [2.75, 3.05) is 36.2 Å². The Hall–Kier alpha value is -0.720. The normalized spacial score (nSPS) is 29.3. The maximum absolute atomic E-state index is 11.6. The monoisotopic (exact) mass is 500 g/mol. The standard InChI is InChI=1S/C18H32N2O6S4/c1-17(7-11-29(21,22)13-17)19-15(27)25-9-5-3-4-6-10-26-16(28)20-18(2)8-12-30(23,24)14-18/h3-14H2,1-2H3,(H,19,27)(H,20,28). The van der Waals surface area contributed by atoms with Crippen LogP contribution < -0.4 is 10.6 Å². The highest BCUT2D eigenvalue weighted by molar-refractivity contribution is 7.92. The first kappa shape index (κ1) is 25.5. The second-order valence-electron chi connectivity index (χ2n) is 8.74. The van der Waals surface area contributed by atoms with E-state index in [0.29, 0.717) is 26.1 Å². The first-order valence-electron chi connectivity index (χ1n) is 10.1. The number of ether oxygens (including phenoxy) is 2. The van der Waals surface area contributed by atoms with Crippen molar-refractivity contribution in [1.29, 1.82) is 0 Å². The molecule has 2 N–H and O–H groups in total. The molecule has 2 atom stereocenters. The van der Waals surface area contributed by atoms with Crippen LogP contribution in [0.3, 0.4) is 0 Å². The van der Waals surface area contributed by atoms with Crippen molar-refractivity contribution in [1.82, 2.24) is 10.6 Å². The predicted octanol–water partition coefficient (Wildman–Crippen LogP) is 1.48. The average Bonchev–Trinajstić information content (AvgIpc) is 3.03. The van der Waals surface area contributed by atoms with Crippen molar-refractivity contribution in [2.24, 2.45) is 0 Å². The largest absolute Gasteiger partial charge is 0.471 e. The number of sulfone groups is 2. The molecule has 8 nitrogen and oxygen atoms in total. The van der Waals surface area contributed by atoms with Gasteiger partial charge < -0.3 is 20.1 Å². The van der Waals surface area contributed by atoms with Crippen LogP contribution in [0, 0.1) is 0 Å². The Morgan fingerprint density at radius 3 is 1.43 bits per heavy atom. The van der Waals surface area contributed by atoms with Crippen molar-refractivity contribution in [2.45, 2.75) is 63.5 Å². The van der Waals surface area contributed by atoms with Gasteiger partial charge in [-0.05, 0) is 76.8 Å². The topological polar surface area (TPSA) is 111 Å². The van der Waals surface area contributed by atoms with Gasteiger partial charge in [0.2, 0.25) is 0 Å². The summed E-state index contributed by atoms with van der Waals surface area (Å²) in [4.78, 5) is 0. The molecule has 0 aromatic rings. The first-order valence-corrected chi connectivity index (χ1v) is 14.6. The third-order valence-corrected chi connectivity index (χ3v) is 9.57. The van der Waals surface area contributed by atoms with E-state index < -0.39 is 30.8 Å². The Balaban J connectivity index is 1.48. The summed E-state index contributed by atoms with van der Waals surface area (Å²) in [5.74, 6) is 0.515. The van der Waals surface area contributed by atoms with E-state index in [0.717, 1.165) is 25.7 Å². The van der Waals surface area contributed by atoms with Crippen LogP contribution in [0.1, 0.15) is 52.4 Å². The van der Waals surface area contributed by atoms with Crippen molar-refractivity contribution in [3.63, 3.8) is 0 Å². The van der Waals surface area contributed by atoms with Crippen LogP contribution in [0.5, 0.6) is 0 Å². The quantitative estimate of drug-likeness (QED) is 0.357. The highest BCUT2D eigenvalue weighted by atomic mass is 32.2. The van der Waals surface area contributed by atoms with Gasteiger partial charge in [0.25, 0.3) is 10.3 Å². The summed E-state index contributed by atoms with van der Waals surface area (Å²) in [5.41, 5.74) is -1.08. The minimum Gasteiger partial charge on any atom is -0.471 e. The molecule has 0 radical (unpaired) electrons. The zero-order valence-electron chi connectivity index (χ0n) is 17.6. The van der Waals surface area contributed by atoms with Crippen molar-refractivity contribution < 1.29 is 26.3 Å². The molecule has 2 unspecified atom stereocenters. The molecule has 0 aliphatic carbocycles. The number of hydrogen-bond donors (Lipinski definition) is 2. The molecule has 0 aromatic heterocycles. The lowest BCUT2D eigenvalue weighted by molar-refractivity contribution is 0.258. The highest BCUT2D eigenvalue weighted by Crippen LogP contribution is 2.23. The van der Waals surface area contributed by atoms with E-state index in [2.05, 4.69) is 10.6 Å². The van der Waals surface area contributed by atoms with Crippen LogP contribution in [-0.4, -0.2) is 74.5 Å². The summed E-state index contributed by atoms with van der Waals surface area (Å²) in [7, 11) is -5.98. The van der Waals surface area contributed by atoms with Gasteiger partial charge in [0.1, 0.15) is 0 Å². The molecule has 0 spiro atoms. The van der Waals surface area contributed by atoms with Crippen LogP contribution in [-0.2, 0) is 29.1 Å². The minimum atomic E-state index is -2.99. The molecule has 174 valence electrons. The molecule has 12 heteroatoms. The van der Waals surface area contributed by atoms with Crippen LogP contribution in [0.4, 0.5) is 0 Å². The number of thiocarbonyl (C=S) groups is 2. The second kappa shape index (κ2) is 10.3. The van der Waals surface area contributed by atoms with Crippen molar-refractivity contribution >= 4 is 54.5 Å². The number of nitrogens with one attached hydrogen (secondary N) is 2. The molecule has 2 fully saturated rings. The Morgan fingerprint density at radius 2 is 1.13 bits per heavy atom. The average molecular weight is 501 g/mol. The maximum Gasteiger partial charge on any atom is 0.257 e. The van der Waals surface area contributed by atoms with Gasteiger partial charge in [0.05, 0.1) is 47.3 Å². The molecule has 2 aliphatic heterocycles. The van der Waals surface area contributed by atoms with Gasteiger partial charge in [-0.15, -0.1) is 0 Å². The zero-order valence-corrected chi connectivity index (χ0v) is 20.8. The minimum absolute atomic E-state index is 0.0786.